The number of nitrogens with one attached hydrogen (secondary N) is 1. The summed E-state index contributed by atoms with van der Waals surface area (Å²) in [7, 11) is -4.35. The molecule has 1 unspecified atom stereocenters. The van der Waals surface area contributed by atoms with Gasteiger partial charge in [-0.25, -0.2) is 0 Å². The Morgan fingerprint density at radius 1 is 1.05 bits per heavy atom. The maximum absolute atomic E-state index is 11.7. The van der Waals surface area contributed by atoms with E-state index in [1.165, 1.54) is 12.1 Å². The zero-order valence-corrected chi connectivity index (χ0v) is 11.0. The van der Waals surface area contributed by atoms with Gasteiger partial charge in [0, 0.05) is 17.8 Å². The number of para-hydroxylation sites is 1. The molecular weight excluding hydrogens is 283 g/mol. The van der Waals surface area contributed by atoms with E-state index in [0.29, 0.717) is 5.69 Å². The Balaban J connectivity index is 2.08. The fourth-order valence-electron chi connectivity index (χ4n) is 1.46. The Morgan fingerprint density at radius 3 is 2.20 bits per heavy atom. The van der Waals surface area contributed by atoms with E-state index in [9.17, 15) is 19.6 Å². The second-order valence-corrected chi connectivity index (χ2v) is 5.22. The lowest BCUT2D eigenvalue weighted by Crippen LogP contribution is -2.15. The van der Waals surface area contributed by atoms with Crippen molar-refractivity contribution in [3.05, 3.63) is 64.7 Å². The summed E-state index contributed by atoms with van der Waals surface area (Å²) in [6, 6.07) is 13.0. The largest absolute Gasteiger partial charge is 0.752 e. The molecule has 0 saturated heterocycles. The molecule has 0 heterocycles. The van der Waals surface area contributed by atoms with Crippen molar-refractivity contribution in [2.75, 3.05) is 5.09 Å². The first-order valence-electron chi connectivity index (χ1n) is 5.55. The van der Waals surface area contributed by atoms with Gasteiger partial charge in [-0.15, -0.1) is 0 Å². The number of nitrogens with zero attached hydrogens (tertiary/aromatic N) is 1. The average molecular weight is 293 g/mol. The molecular formula is C12H10N2O5P-. The molecule has 20 heavy (non-hydrogen) atoms. The molecule has 8 heteroatoms. The van der Waals surface area contributed by atoms with E-state index >= 15 is 0 Å². The molecule has 2 aromatic rings. The van der Waals surface area contributed by atoms with Crippen LogP contribution in [-0.2, 0) is 4.57 Å². The van der Waals surface area contributed by atoms with Gasteiger partial charge in [-0.2, -0.15) is 0 Å². The Morgan fingerprint density at radius 2 is 1.65 bits per heavy atom. The summed E-state index contributed by atoms with van der Waals surface area (Å²) in [5.41, 5.74) is 0.224. The van der Waals surface area contributed by atoms with Gasteiger partial charge in [-0.3, -0.25) is 14.7 Å². The molecule has 2 aromatic carbocycles. The van der Waals surface area contributed by atoms with Crippen LogP contribution in [0.5, 0.6) is 5.75 Å². The summed E-state index contributed by atoms with van der Waals surface area (Å²) in [5.74, 6) is -0.00244. The van der Waals surface area contributed by atoms with Crippen LogP contribution in [-0.4, -0.2) is 4.92 Å². The van der Waals surface area contributed by atoms with Gasteiger partial charge in [-0.1, -0.05) is 18.2 Å². The minimum Gasteiger partial charge on any atom is -0.752 e. The first kappa shape index (κ1) is 14.0. The number of benzene rings is 2. The molecule has 0 fully saturated rings. The molecule has 7 nitrogen and oxygen atoms in total. The topological polar surface area (TPSA) is 105 Å². The number of hydrogen-bond donors (Lipinski definition) is 1. The molecule has 104 valence electrons. The van der Waals surface area contributed by atoms with E-state index in [-0.39, 0.29) is 11.4 Å². The predicted molar refractivity (Wildman–Crippen MR) is 71.4 cm³/mol. The van der Waals surface area contributed by atoms with Crippen LogP contribution in [0, 0.1) is 10.1 Å². The van der Waals surface area contributed by atoms with Crippen molar-refractivity contribution in [1.29, 1.82) is 0 Å². The molecule has 2 rings (SSSR count). The zero-order valence-electron chi connectivity index (χ0n) is 10.1. The lowest BCUT2D eigenvalue weighted by molar-refractivity contribution is -0.384. The van der Waals surface area contributed by atoms with E-state index in [1.54, 1.807) is 30.3 Å². The Bertz CT molecular complexity index is 645. The molecule has 1 N–H and O–H groups in total. The van der Waals surface area contributed by atoms with Gasteiger partial charge in [0.05, 0.1) is 4.92 Å². The molecule has 0 amide bonds. The van der Waals surface area contributed by atoms with Gasteiger partial charge in [0.1, 0.15) is 5.75 Å². The Labute approximate surface area is 114 Å². The first-order valence-corrected chi connectivity index (χ1v) is 7.09. The minimum atomic E-state index is -4.35. The summed E-state index contributed by atoms with van der Waals surface area (Å²) < 4.78 is 16.6. The van der Waals surface area contributed by atoms with Gasteiger partial charge < -0.3 is 14.5 Å². The molecule has 0 aliphatic heterocycles. The molecule has 0 aliphatic rings. The smallest absolute Gasteiger partial charge is 0.280 e. The van der Waals surface area contributed by atoms with Gasteiger partial charge in [0.2, 0.25) is 0 Å². The quantitative estimate of drug-likeness (QED) is 0.516. The Kier molecular flexibility index (Phi) is 4.02. The number of anilines is 1. The SMILES string of the molecule is O=[N+]([O-])c1ccc(OP(=O)([O-])Nc2ccccc2)cc1. The number of nitro groups is 1. The number of rotatable bonds is 5. The summed E-state index contributed by atoms with van der Waals surface area (Å²) in [5, 5.41) is 12.7. The van der Waals surface area contributed by atoms with E-state index in [2.05, 4.69) is 5.09 Å². The fourth-order valence-corrected chi connectivity index (χ4v) is 2.37. The van der Waals surface area contributed by atoms with Gasteiger partial charge in [0.25, 0.3) is 13.4 Å². The predicted octanol–water partition coefficient (Wildman–Crippen LogP) is 2.55. The molecule has 0 spiro atoms. The molecule has 0 aromatic heterocycles. The van der Waals surface area contributed by atoms with Crippen molar-refractivity contribution in [1.82, 2.24) is 0 Å². The van der Waals surface area contributed by atoms with Crippen LogP contribution in [0.1, 0.15) is 0 Å². The summed E-state index contributed by atoms with van der Waals surface area (Å²) in [6.45, 7) is 0. The van der Waals surface area contributed by atoms with Gasteiger partial charge in [0.15, 0.2) is 0 Å². The Hall–Kier alpha value is -2.37. The van der Waals surface area contributed by atoms with Crippen molar-refractivity contribution >= 4 is 19.1 Å². The summed E-state index contributed by atoms with van der Waals surface area (Å²) >= 11 is 0. The van der Waals surface area contributed by atoms with Crippen LogP contribution >= 0.6 is 7.75 Å². The zero-order chi connectivity index (χ0) is 14.6. The van der Waals surface area contributed by atoms with E-state index in [1.807, 2.05) is 0 Å². The third-order valence-corrected chi connectivity index (χ3v) is 3.30. The fraction of sp³-hybridized carbons (Fsp3) is 0. The van der Waals surface area contributed by atoms with Crippen LogP contribution in [0.15, 0.2) is 54.6 Å². The number of hydrogen-bond acceptors (Lipinski definition) is 5. The van der Waals surface area contributed by atoms with Gasteiger partial charge >= 0.3 is 0 Å². The first-order chi connectivity index (χ1) is 9.46. The normalized spacial score (nSPS) is 13.2. The molecule has 0 aliphatic carbocycles. The summed E-state index contributed by atoms with van der Waals surface area (Å²) in [4.78, 5) is 21.6. The summed E-state index contributed by atoms with van der Waals surface area (Å²) in [6.07, 6.45) is 0. The highest BCUT2D eigenvalue weighted by Crippen LogP contribution is 2.38. The lowest BCUT2D eigenvalue weighted by atomic mass is 10.3. The van der Waals surface area contributed by atoms with Crippen molar-refractivity contribution < 1.29 is 18.9 Å². The van der Waals surface area contributed by atoms with Crippen molar-refractivity contribution in [3.63, 3.8) is 0 Å². The van der Waals surface area contributed by atoms with Crippen LogP contribution in [0.4, 0.5) is 11.4 Å². The van der Waals surface area contributed by atoms with Crippen LogP contribution < -0.4 is 14.5 Å². The van der Waals surface area contributed by atoms with E-state index in [0.717, 1.165) is 12.1 Å². The third-order valence-electron chi connectivity index (χ3n) is 2.31. The second kappa shape index (κ2) is 5.73. The van der Waals surface area contributed by atoms with Crippen molar-refractivity contribution in [3.8, 4) is 5.75 Å². The minimum absolute atomic E-state index is 0.00244. The molecule has 0 bridgehead atoms. The monoisotopic (exact) mass is 293 g/mol. The van der Waals surface area contributed by atoms with Crippen LogP contribution in [0.3, 0.4) is 0 Å². The second-order valence-electron chi connectivity index (χ2n) is 3.82. The standard InChI is InChI=1S/C12H11N2O5P/c15-14(16)11-6-8-12(9-7-11)19-20(17,18)13-10-4-2-1-3-5-10/h1-9H,(H2,13,17,18)/p-1. The highest BCUT2D eigenvalue weighted by Gasteiger charge is 2.11. The van der Waals surface area contributed by atoms with Crippen molar-refractivity contribution in [2.24, 2.45) is 0 Å². The molecule has 1 atom stereocenters. The van der Waals surface area contributed by atoms with Gasteiger partial charge in [-0.05, 0) is 24.3 Å². The van der Waals surface area contributed by atoms with Crippen molar-refractivity contribution in [2.45, 2.75) is 0 Å². The lowest BCUT2D eigenvalue weighted by Gasteiger charge is -2.25. The third kappa shape index (κ3) is 3.81. The van der Waals surface area contributed by atoms with E-state index in [4.69, 9.17) is 4.52 Å². The maximum Gasteiger partial charge on any atom is 0.280 e. The van der Waals surface area contributed by atoms with Crippen LogP contribution in [0.25, 0.3) is 0 Å². The average Bonchev–Trinajstić information content (AvgIpc) is 2.39. The molecule has 0 saturated carbocycles. The number of non-ortho nitro benzene ring substituents is 1. The number of nitro benzene ring substituents is 1. The highest BCUT2D eigenvalue weighted by atomic mass is 31.2. The van der Waals surface area contributed by atoms with Crippen LogP contribution in [0.2, 0.25) is 0 Å². The van der Waals surface area contributed by atoms with E-state index < -0.39 is 12.7 Å². The molecule has 0 radical (unpaired) electrons. The highest BCUT2D eigenvalue weighted by molar-refractivity contribution is 7.53. The maximum atomic E-state index is 11.7.